The molecule has 3 rings (SSSR count). The Bertz CT molecular complexity index is 1500. The van der Waals surface area contributed by atoms with E-state index in [1.165, 1.54) is 0 Å². The molecule has 0 saturated carbocycles. The van der Waals surface area contributed by atoms with Gasteiger partial charge in [-0.05, 0) is 36.4 Å². The molecule has 1 atom stereocenters. The van der Waals surface area contributed by atoms with Crippen LogP contribution >= 0.6 is 11.6 Å². The quantitative estimate of drug-likeness (QED) is 0.263. The van der Waals surface area contributed by atoms with Crippen LogP contribution in [0.4, 0.5) is 24.5 Å². The fourth-order valence-corrected chi connectivity index (χ4v) is 4.26. The zero-order chi connectivity index (χ0) is 26.8. The molecule has 0 aliphatic heterocycles. The second kappa shape index (κ2) is 9.91. The van der Waals surface area contributed by atoms with E-state index < -0.39 is 53.5 Å². The van der Waals surface area contributed by atoms with Crippen molar-refractivity contribution in [3.05, 3.63) is 97.0 Å². The number of ether oxygens (including phenoxy) is 1. The number of rotatable bonds is 6. The molecular formula is C21H13ClF3N3O7S. The van der Waals surface area contributed by atoms with Gasteiger partial charge in [0.2, 0.25) is 0 Å². The minimum absolute atomic E-state index is 0.0342. The summed E-state index contributed by atoms with van der Waals surface area (Å²) < 4.78 is 60.5. The smallest absolute Gasteiger partial charge is 0.416 e. The lowest BCUT2D eigenvalue weighted by atomic mass is 10.1. The maximum atomic E-state index is 13.0. The summed E-state index contributed by atoms with van der Waals surface area (Å²) >= 11 is 5.86. The van der Waals surface area contributed by atoms with Gasteiger partial charge < -0.3 is 4.74 Å². The van der Waals surface area contributed by atoms with E-state index in [1.54, 1.807) is 0 Å². The first-order valence-electron chi connectivity index (χ1n) is 9.53. The van der Waals surface area contributed by atoms with E-state index in [9.17, 15) is 42.4 Å². The maximum absolute atomic E-state index is 13.0. The first-order chi connectivity index (χ1) is 16.7. The number of carbonyl (C=O) groups excluding carboxylic acids is 1. The number of amides is 1. The molecule has 0 fully saturated rings. The largest absolute Gasteiger partial charge is 0.456 e. The SMILES string of the molecule is CS(=O)(=NC(=O)c1cc(Oc2ccc(C(F)(F)F)cc2Cl)ccc1[N+](=O)[O-])c1ccc([N+](=O)[O-])cc1. The number of benzene rings is 3. The van der Waals surface area contributed by atoms with Crippen molar-refractivity contribution in [2.75, 3.05) is 6.26 Å². The van der Waals surface area contributed by atoms with Gasteiger partial charge in [-0.15, -0.1) is 0 Å². The number of nitro groups is 2. The van der Waals surface area contributed by atoms with Crippen molar-refractivity contribution < 1.29 is 36.8 Å². The molecule has 0 saturated heterocycles. The van der Waals surface area contributed by atoms with Crippen LogP contribution in [0.2, 0.25) is 5.02 Å². The molecule has 36 heavy (non-hydrogen) atoms. The predicted octanol–water partition coefficient (Wildman–Crippen LogP) is 6.26. The van der Waals surface area contributed by atoms with Crippen molar-refractivity contribution in [1.29, 1.82) is 0 Å². The number of nitro benzene ring substituents is 2. The van der Waals surface area contributed by atoms with Crippen LogP contribution in [-0.4, -0.2) is 26.2 Å². The Morgan fingerprint density at radius 1 is 1.00 bits per heavy atom. The number of nitrogens with zero attached hydrogens (tertiary/aromatic N) is 3. The predicted molar refractivity (Wildman–Crippen MR) is 122 cm³/mol. The lowest BCUT2D eigenvalue weighted by Crippen LogP contribution is -2.07. The summed E-state index contributed by atoms with van der Waals surface area (Å²) in [5.74, 6) is -1.67. The maximum Gasteiger partial charge on any atom is 0.416 e. The Morgan fingerprint density at radius 2 is 1.64 bits per heavy atom. The minimum Gasteiger partial charge on any atom is -0.456 e. The summed E-state index contributed by atoms with van der Waals surface area (Å²) in [6, 6.07) is 9.56. The highest BCUT2D eigenvalue weighted by atomic mass is 35.5. The molecule has 15 heteroatoms. The lowest BCUT2D eigenvalue weighted by molar-refractivity contribution is -0.385. The van der Waals surface area contributed by atoms with Crippen LogP contribution in [-0.2, 0) is 15.9 Å². The van der Waals surface area contributed by atoms with Gasteiger partial charge in [-0.3, -0.25) is 25.0 Å². The van der Waals surface area contributed by atoms with E-state index in [2.05, 4.69) is 4.36 Å². The Balaban J connectivity index is 1.99. The summed E-state index contributed by atoms with van der Waals surface area (Å²) in [4.78, 5) is 33.4. The van der Waals surface area contributed by atoms with Gasteiger partial charge >= 0.3 is 6.18 Å². The summed E-state index contributed by atoms with van der Waals surface area (Å²) in [6.07, 6.45) is -3.58. The Labute approximate surface area is 205 Å². The number of halogens is 4. The highest BCUT2D eigenvalue weighted by Gasteiger charge is 2.31. The van der Waals surface area contributed by atoms with Gasteiger partial charge in [0.05, 0.1) is 30.2 Å². The molecule has 3 aromatic carbocycles. The Morgan fingerprint density at radius 3 is 2.17 bits per heavy atom. The molecule has 0 aliphatic rings. The summed E-state index contributed by atoms with van der Waals surface area (Å²) in [6.45, 7) is 0. The van der Waals surface area contributed by atoms with E-state index >= 15 is 0 Å². The van der Waals surface area contributed by atoms with Crippen molar-refractivity contribution in [3.63, 3.8) is 0 Å². The number of hydrogen-bond acceptors (Lipinski definition) is 7. The van der Waals surface area contributed by atoms with Crippen molar-refractivity contribution in [2.45, 2.75) is 11.1 Å². The molecule has 0 bridgehead atoms. The zero-order valence-corrected chi connectivity index (χ0v) is 19.5. The van der Waals surface area contributed by atoms with Gasteiger partial charge in [-0.2, -0.15) is 17.5 Å². The first-order valence-corrected chi connectivity index (χ1v) is 11.8. The second-order valence-electron chi connectivity index (χ2n) is 7.13. The van der Waals surface area contributed by atoms with Crippen LogP contribution in [0.1, 0.15) is 15.9 Å². The summed E-state index contributed by atoms with van der Waals surface area (Å²) in [7, 11) is -3.48. The van der Waals surface area contributed by atoms with Gasteiger partial charge in [0.15, 0.2) is 0 Å². The van der Waals surface area contributed by atoms with Gasteiger partial charge in [0, 0.05) is 35.4 Å². The summed E-state index contributed by atoms with van der Waals surface area (Å²) in [5.41, 5.74) is -2.63. The molecule has 0 radical (unpaired) electrons. The number of carbonyl (C=O) groups is 1. The van der Waals surface area contributed by atoms with Crippen LogP contribution < -0.4 is 4.74 Å². The van der Waals surface area contributed by atoms with Crippen molar-refractivity contribution in [1.82, 2.24) is 0 Å². The van der Waals surface area contributed by atoms with Gasteiger partial charge in [0.1, 0.15) is 17.1 Å². The normalized spacial score (nSPS) is 12.9. The van der Waals surface area contributed by atoms with E-state index in [4.69, 9.17) is 16.3 Å². The fourth-order valence-electron chi connectivity index (χ4n) is 2.88. The van der Waals surface area contributed by atoms with Crippen molar-refractivity contribution in [2.24, 2.45) is 4.36 Å². The van der Waals surface area contributed by atoms with Gasteiger partial charge in [0.25, 0.3) is 17.3 Å². The molecule has 0 heterocycles. The van der Waals surface area contributed by atoms with Gasteiger partial charge in [-0.25, -0.2) is 4.21 Å². The third kappa shape index (κ3) is 5.95. The van der Waals surface area contributed by atoms with Crippen molar-refractivity contribution >= 4 is 38.6 Å². The van der Waals surface area contributed by atoms with E-state index in [0.29, 0.717) is 12.1 Å². The number of alkyl halides is 3. The molecular weight excluding hydrogens is 531 g/mol. The molecule has 188 valence electrons. The average Bonchev–Trinajstić information content (AvgIpc) is 2.79. The fraction of sp³-hybridized carbons (Fsp3) is 0.0952. The highest BCUT2D eigenvalue weighted by molar-refractivity contribution is 7.93. The van der Waals surface area contributed by atoms with Crippen LogP contribution in [0.3, 0.4) is 0 Å². The average molecular weight is 544 g/mol. The Hall–Kier alpha value is -4.04. The second-order valence-corrected chi connectivity index (χ2v) is 9.80. The van der Waals surface area contributed by atoms with E-state index in [1.807, 2.05) is 0 Å². The van der Waals surface area contributed by atoms with E-state index in [0.717, 1.165) is 54.8 Å². The monoisotopic (exact) mass is 543 g/mol. The van der Waals surface area contributed by atoms with E-state index in [-0.39, 0.29) is 22.1 Å². The molecule has 0 spiro atoms. The Kier molecular flexibility index (Phi) is 7.31. The molecule has 0 N–H and O–H groups in total. The van der Waals surface area contributed by atoms with Crippen LogP contribution in [0.25, 0.3) is 0 Å². The standard InChI is InChI=1S/C21H13ClF3N3O7S/c1-36(34,15-6-3-13(4-7-15)27(30)31)26-20(29)16-11-14(5-8-18(16)28(32)33)35-19-9-2-12(10-17(19)22)21(23,24)25/h2-11H,1H3. The van der Waals surface area contributed by atoms with Gasteiger partial charge in [-0.1, -0.05) is 11.6 Å². The topological polar surface area (TPSA) is 142 Å². The molecule has 0 aliphatic carbocycles. The van der Waals surface area contributed by atoms with Crippen molar-refractivity contribution in [3.8, 4) is 11.5 Å². The molecule has 3 aromatic rings. The third-order valence-corrected chi connectivity index (χ3v) is 6.58. The molecule has 1 amide bonds. The molecule has 0 aromatic heterocycles. The number of non-ortho nitro benzene ring substituents is 1. The molecule has 1 unspecified atom stereocenters. The zero-order valence-electron chi connectivity index (χ0n) is 17.9. The highest BCUT2D eigenvalue weighted by Crippen LogP contribution is 2.37. The van der Waals surface area contributed by atoms with Crippen LogP contribution in [0, 0.1) is 20.2 Å². The van der Waals surface area contributed by atoms with Crippen LogP contribution in [0.15, 0.2) is 69.9 Å². The third-order valence-electron chi connectivity index (χ3n) is 4.62. The lowest BCUT2D eigenvalue weighted by Gasteiger charge is -2.12. The number of hydrogen-bond donors (Lipinski definition) is 0. The summed E-state index contributed by atoms with van der Waals surface area (Å²) in [5, 5.41) is 21.8. The first kappa shape index (κ1) is 26.6. The molecule has 10 nitrogen and oxygen atoms in total. The minimum atomic E-state index is -4.65. The van der Waals surface area contributed by atoms with Crippen LogP contribution in [0.5, 0.6) is 11.5 Å².